The van der Waals surface area contributed by atoms with Gasteiger partial charge in [0.2, 0.25) is 5.88 Å². The number of nitrogens with zero attached hydrogens (tertiary/aromatic N) is 5. The summed E-state index contributed by atoms with van der Waals surface area (Å²) in [4.78, 5) is 30.0. The normalized spacial score (nSPS) is 11.0. The second-order valence-electron chi connectivity index (χ2n) is 7.54. The maximum atomic E-state index is 14.8. The summed E-state index contributed by atoms with van der Waals surface area (Å²) in [6.45, 7) is 1.68. The number of ether oxygens (including phenoxy) is 1. The molecule has 0 unspecified atom stereocenters. The van der Waals surface area contributed by atoms with Crippen molar-refractivity contribution in [2.75, 3.05) is 5.32 Å². The van der Waals surface area contributed by atoms with E-state index in [4.69, 9.17) is 4.74 Å². The Balaban J connectivity index is 1.40. The van der Waals surface area contributed by atoms with Crippen molar-refractivity contribution in [3.8, 4) is 17.3 Å². The van der Waals surface area contributed by atoms with Gasteiger partial charge in [-0.1, -0.05) is 18.2 Å². The Bertz CT molecular complexity index is 1590. The Morgan fingerprint density at radius 2 is 1.88 bits per heavy atom. The molecule has 10 heteroatoms. The molecule has 0 atom stereocenters. The summed E-state index contributed by atoms with van der Waals surface area (Å²) in [5.74, 6) is -1.21. The van der Waals surface area contributed by atoms with Crippen molar-refractivity contribution in [3.05, 3.63) is 101 Å². The van der Waals surface area contributed by atoms with Crippen LogP contribution >= 0.6 is 0 Å². The van der Waals surface area contributed by atoms with E-state index in [1.54, 1.807) is 65.8 Å². The Labute approximate surface area is 192 Å². The Morgan fingerprint density at radius 3 is 2.65 bits per heavy atom. The highest BCUT2D eigenvalue weighted by atomic mass is 19.1. The van der Waals surface area contributed by atoms with Crippen LogP contribution in [0.2, 0.25) is 0 Å². The third-order valence-electron chi connectivity index (χ3n) is 5.48. The number of rotatable bonds is 5. The smallest absolute Gasteiger partial charge is 0.284 e. The Morgan fingerprint density at radius 1 is 1.09 bits per heavy atom. The van der Waals surface area contributed by atoms with Gasteiger partial charge < -0.3 is 10.1 Å². The molecule has 5 aromatic rings. The second-order valence-corrected chi connectivity index (χ2v) is 7.54. The fourth-order valence-electron chi connectivity index (χ4n) is 3.71. The van der Waals surface area contributed by atoms with Crippen LogP contribution in [0.5, 0.6) is 11.6 Å². The van der Waals surface area contributed by atoms with Gasteiger partial charge in [-0.3, -0.25) is 14.3 Å². The van der Waals surface area contributed by atoms with Gasteiger partial charge in [0.1, 0.15) is 17.4 Å². The molecule has 0 aliphatic heterocycles. The lowest BCUT2D eigenvalue weighted by atomic mass is 10.2. The molecule has 0 aliphatic carbocycles. The molecule has 0 saturated carbocycles. The molecular weight excluding hydrogens is 439 g/mol. The number of halogens is 1. The average Bonchev–Trinajstić information content (AvgIpc) is 3.39. The number of carbonyl (C=O) groups excluding carboxylic acids is 1. The summed E-state index contributed by atoms with van der Waals surface area (Å²) in [6, 6.07) is 16.5. The minimum Gasteiger partial charge on any atom is -0.434 e. The Hall–Kier alpha value is -4.73. The quantitative estimate of drug-likeness (QED) is 0.433. The fourth-order valence-corrected chi connectivity index (χ4v) is 3.71. The number of amides is 1. The van der Waals surface area contributed by atoms with Crippen molar-refractivity contribution in [1.82, 2.24) is 24.0 Å². The van der Waals surface area contributed by atoms with Crippen LogP contribution in [-0.2, 0) is 7.05 Å². The van der Waals surface area contributed by atoms with Crippen molar-refractivity contribution in [1.29, 1.82) is 0 Å². The predicted octanol–water partition coefficient (Wildman–Crippen LogP) is 3.71. The molecule has 0 bridgehead atoms. The van der Waals surface area contributed by atoms with Crippen molar-refractivity contribution < 1.29 is 13.9 Å². The van der Waals surface area contributed by atoms with Gasteiger partial charge >= 0.3 is 0 Å². The molecule has 3 heterocycles. The molecule has 0 radical (unpaired) electrons. The molecule has 9 nitrogen and oxygen atoms in total. The van der Waals surface area contributed by atoms with E-state index in [0.717, 1.165) is 6.07 Å². The first-order valence-corrected chi connectivity index (χ1v) is 10.3. The molecule has 3 aromatic heterocycles. The molecule has 1 amide bonds. The molecule has 0 aliphatic rings. The number of anilines is 1. The summed E-state index contributed by atoms with van der Waals surface area (Å²) in [5, 5.41) is 6.64. The number of aromatic nitrogens is 5. The monoisotopic (exact) mass is 458 g/mol. The van der Waals surface area contributed by atoms with Gasteiger partial charge in [-0.2, -0.15) is 10.1 Å². The van der Waals surface area contributed by atoms with Crippen molar-refractivity contribution in [3.63, 3.8) is 0 Å². The van der Waals surface area contributed by atoms with E-state index >= 15 is 0 Å². The van der Waals surface area contributed by atoms with Gasteiger partial charge in [0.15, 0.2) is 11.6 Å². The van der Waals surface area contributed by atoms with Crippen molar-refractivity contribution in [2.45, 2.75) is 6.92 Å². The predicted molar refractivity (Wildman–Crippen MR) is 123 cm³/mol. The van der Waals surface area contributed by atoms with Crippen LogP contribution in [0.25, 0.3) is 11.2 Å². The third kappa shape index (κ3) is 3.60. The molecular formula is C24H19FN6O3. The van der Waals surface area contributed by atoms with E-state index in [9.17, 15) is 14.0 Å². The van der Waals surface area contributed by atoms with E-state index in [1.165, 1.54) is 23.1 Å². The van der Waals surface area contributed by atoms with E-state index in [0.29, 0.717) is 16.9 Å². The molecule has 2 aromatic carbocycles. The first-order valence-electron chi connectivity index (χ1n) is 10.3. The van der Waals surface area contributed by atoms with Gasteiger partial charge in [-0.15, -0.1) is 0 Å². The lowest BCUT2D eigenvalue weighted by Gasteiger charge is -2.09. The van der Waals surface area contributed by atoms with Crippen LogP contribution in [0.15, 0.2) is 78.0 Å². The number of fused-ring (bicyclic) bond motifs is 1. The maximum Gasteiger partial charge on any atom is 0.284 e. The van der Waals surface area contributed by atoms with Crippen LogP contribution < -0.4 is 15.6 Å². The van der Waals surface area contributed by atoms with Crippen LogP contribution in [0.1, 0.15) is 16.1 Å². The first kappa shape index (κ1) is 21.1. The van der Waals surface area contributed by atoms with Gasteiger partial charge in [0, 0.05) is 25.0 Å². The number of hydrogen-bond donors (Lipinski definition) is 1. The van der Waals surface area contributed by atoms with E-state index in [-0.39, 0.29) is 22.9 Å². The molecule has 0 spiro atoms. The van der Waals surface area contributed by atoms with Gasteiger partial charge in [-0.05, 0) is 43.3 Å². The average molecular weight is 458 g/mol. The SMILES string of the molecule is Cc1c(C(=O)Nc2ccc(Oc3ncnn4cccc34)c(F)c2)c(=O)n(-c2ccccc2)n1C. The zero-order chi connectivity index (χ0) is 23.8. The van der Waals surface area contributed by atoms with Crippen LogP contribution in [-0.4, -0.2) is 29.9 Å². The molecule has 0 fully saturated rings. The van der Waals surface area contributed by atoms with Crippen molar-refractivity contribution >= 4 is 17.1 Å². The fraction of sp³-hybridized carbons (Fsp3) is 0.0833. The largest absolute Gasteiger partial charge is 0.434 e. The van der Waals surface area contributed by atoms with Gasteiger partial charge in [-0.25, -0.2) is 13.6 Å². The molecule has 5 rings (SSSR count). The number of para-hydroxylation sites is 1. The highest BCUT2D eigenvalue weighted by molar-refractivity contribution is 6.05. The summed E-state index contributed by atoms with van der Waals surface area (Å²) in [7, 11) is 1.70. The highest BCUT2D eigenvalue weighted by Crippen LogP contribution is 2.28. The van der Waals surface area contributed by atoms with E-state index in [1.807, 2.05) is 6.07 Å². The second kappa shape index (κ2) is 8.32. The van der Waals surface area contributed by atoms with Crippen LogP contribution in [0.4, 0.5) is 10.1 Å². The van der Waals surface area contributed by atoms with Crippen LogP contribution in [0, 0.1) is 12.7 Å². The minimum atomic E-state index is -0.701. The van der Waals surface area contributed by atoms with E-state index in [2.05, 4.69) is 15.4 Å². The molecule has 0 saturated heterocycles. The maximum absolute atomic E-state index is 14.8. The number of carbonyl (C=O) groups is 1. The number of benzene rings is 2. The highest BCUT2D eigenvalue weighted by Gasteiger charge is 2.22. The minimum absolute atomic E-state index is 0.0244. The number of nitrogens with one attached hydrogen (secondary N) is 1. The Kier molecular flexibility index (Phi) is 5.17. The van der Waals surface area contributed by atoms with Gasteiger partial charge in [0.05, 0.1) is 11.4 Å². The zero-order valence-corrected chi connectivity index (χ0v) is 18.3. The summed E-state index contributed by atoms with van der Waals surface area (Å²) in [6.07, 6.45) is 3.02. The third-order valence-corrected chi connectivity index (χ3v) is 5.48. The zero-order valence-electron chi connectivity index (χ0n) is 18.3. The molecule has 170 valence electrons. The van der Waals surface area contributed by atoms with Gasteiger partial charge in [0.25, 0.3) is 11.5 Å². The summed E-state index contributed by atoms with van der Waals surface area (Å²) >= 11 is 0. The summed E-state index contributed by atoms with van der Waals surface area (Å²) in [5.41, 5.74) is 1.37. The summed E-state index contributed by atoms with van der Waals surface area (Å²) < 4.78 is 25.0. The standard InChI is InChI=1S/C24H19FN6O3/c1-15-21(24(33)31(29(15)2)17-7-4-3-5-8-17)22(32)28-16-10-11-20(18(25)13-16)34-23-19-9-6-12-30(19)27-14-26-23/h3-14H,1-2H3,(H,28,32). The topological polar surface area (TPSA) is 95.5 Å². The van der Waals surface area contributed by atoms with Crippen LogP contribution in [0.3, 0.4) is 0 Å². The first-order chi connectivity index (χ1) is 16.4. The van der Waals surface area contributed by atoms with E-state index < -0.39 is 17.3 Å². The van der Waals surface area contributed by atoms with Crippen molar-refractivity contribution in [2.24, 2.45) is 7.05 Å². The lowest BCUT2D eigenvalue weighted by molar-refractivity contribution is 0.102. The molecule has 34 heavy (non-hydrogen) atoms. The molecule has 1 N–H and O–H groups in total. The lowest BCUT2D eigenvalue weighted by Crippen LogP contribution is -2.25. The number of hydrogen-bond acceptors (Lipinski definition) is 5.